The molecule has 1 aliphatic carbocycles. The Morgan fingerprint density at radius 2 is 1.92 bits per heavy atom. The van der Waals surface area contributed by atoms with Crippen LogP contribution in [0, 0.1) is 18.2 Å². The second kappa shape index (κ2) is 7.30. The summed E-state index contributed by atoms with van der Waals surface area (Å²) in [6.45, 7) is 1.78. The Morgan fingerprint density at radius 1 is 1.23 bits per heavy atom. The summed E-state index contributed by atoms with van der Waals surface area (Å²) >= 11 is 6.26. The molecule has 3 N–H and O–H groups in total. The van der Waals surface area contributed by atoms with Gasteiger partial charge in [-0.1, -0.05) is 35.9 Å². The van der Waals surface area contributed by atoms with Crippen LogP contribution in [0.4, 0.5) is 10.1 Å². The SMILES string of the molecule is Cc1ccc(F)c(C2(C(=O)NC(=N)/C=C\Nc3ccccc3)CC2)c1Cl. The summed E-state index contributed by atoms with van der Waals surface area (Å²) in [5.41, 5.74) is 0.843. The van der Waals surface area contributed by atoms with Crippen molar-refractivity contribution in [3.63, 3.8) is 0 Å². The minimum Gasteiger partial charge on any atom is -0.362 e. The zero-order valence-corrected chi connectivity index (χ0v) is 15.0. The van der Waals surface area contributed by atoms with Crippen molar-refractivity contribution >= 4 is 29.0 Å². The molecular weight excluding hydrogens is 353 g/mol. The van der Waals surface area contributed by atoms with Gasteiger partial charge in [-0.3, -0.25) is 10.2 Å². The van der Waals surface area contributed by atoms with E-state index in [4.69, 9.17) is 17.0 Å². The van der Waals surface area contributed by atoms with Gasteiger partial charge in [0, 0.05) is 17.5 Å². The van der Waals surface area contributed by atoms with Crippen LogP contribution in [0.15, 0.2) is 54.7 Å². The normalized spacial score (nSPS) is 14.9. The second-order valence-electron chi connectivity index (χ2n) is 6.35. The van der Waals surface area contributed by atoms with E-state index in [0.717, 1.165) is 11.3 Å². The Hall–Kier alpha value is -2.66. The summed E-state index contributed by atoms with van der Waals surface area (Å²) in [6, 6.07) is 12.4. The highest BCUT2D eigenvalue weighted by Crippen LogP contribution is 2.52. The molecule has 2 aromatic rings. The fourth-order valence-electron chi connectivity index (χ4n) is 2.85. The monoisotopic (exact) mass is 371 g/mol. The van der Waals surface area contributed by atoms with Gasteiger partial charge in [0.15, 0.2) is 0 Å². The van der Waals surface area contributed by atoms with Gasteiger partial charge in [-0.15, -0.1) is 0 Å². The number of carbonyl (C=O) groups is 1. The number of halogens is 2. The van der Waals surface area contributed by atoms with Crippen molar-refractivity contribution in [3.05, 3.63) is 76.7 Å². The number of benzene rings is 2. The van der Waals surface area contributed by atoms with Gasteiger partial charge in [0.05, 0.1) is 10.4 Å². The average molecular weight is 372 g/mol. The van der Waals surface area contributed by atoms with Crippen LogP contribution in [0.5, 0.6) is 0 Å². The van der Waals surface area contributed by atoms with Gasteiger partial charge in [0.25, 0.3) is 0 Å². The lowest BCUT2D eigenvalue weighted by atomic mass is 9.92. The minimum absolute atomic E-state index is 0.0751. The first-order chi connectivity index (χ1) is 12.4. The maximum Gasteiger partial charge on any atom is 0.236 e. The number of hydrogen-bond acceptors (Lipinski definition) is 3. The van der Waals surface area contributed by atoms with Crippen LogP contribution in [0.1, 0.15) is 24.0 Å². The predicted octanol–water partition coefficient (Wildman–Crippen LogP) is 4.54. The minimum atomic E-state index is -0.986. The maximum absolute atomic E-state index is 14.3. The zero-order chi connectivity index (χ0) is 18.7. The largest absolute Gasteiger partial charge is 0.362 e. The first-order valence-corrected chi connectivity index (χ1v) is 8.65. The molecule has 0 aliphatic heterocycles. The Kier molecular flexibility index (Phi) is 5.09. The first-order valence-electron chi connectivity index (χ1n) is 8.27. The van der Waals surface area contributed by atoms with Crippen LogP contribution in [0.25, 0.3) is 0 Å². The standard InChI is InChI=1S/C20H19ClFN3O/c1-13-7-8-15(22)17(18(13)21)20(10-11-20)19(26)25-16(23)9-12-24-14-5-3-2-4-6-14/h2-9,12,24H,10-11H2,1H3,(H2,23,25,26)/b12-9-. The lowest BCUT2D eigenvalue weighted by molar-refractivity contribution is -0.122. The third-order valence-corrected chi connectivity index (χ3v) is 4.96. The zero-order valence-electron chi connectivity index (χ0n) is 14.3. The molecule has 4 nitrogen and oxygen atoms in total. The molecule has 134 valence electrons. The lowest BCUT2D eigenvalue weighted by Crippen LogP contribution is -2.38. The Morgan fingerprint density at radius 3 is 2.58 bits per heavy atom. The highest BCUT2D eigenvalue weighted by molar-refractivity contribution is 6.32. The number of rotatable bonds is 5. The quantitative estimate of drug-likeness (QED) is 0.533. The van der Waals surface area contributed by atoms with E-state index in [2.05, 4.69) is 10.6 Å². The van der Waals surface area contributed by atoms with Crippen LogP contribution >= 0.6 is 11.6 Å². The third-order valence-electron chi connectivity index (χ3n) is 4.47. The summed E-state index contributed by atoms with van der Waals surface area (Å²) in [5, 5.41) is 13.7. The van der Waals surface area contributed by atoms with Crippen LogP contribution in [-0.4, -0.2) is 11.7 Å². The van der Waals surface area contributed by atoms with E-state index in [1.807, 2.05) is 30.3 Å². The third kappa shape index (κ3) is 3.63. The number of hydrogen-bond donors (Lipinski definition) is 3. The molecule has 6 heteroatoms. The van der Waals surface area contributed by atoms with E-state index >= 15 is 0 Å². The van der Waals surface area contributed by atoms with E-state index in [1.165, 1.54) is 12.1 Å². The Bertz CT molecular complexity index is 876. The molecule has 0 aromatic heterocycles. The highest BCUT2D eigenvalue weighted by Gasteiger charge is 2.54. The topological polar surface area (TPSA) is 65.0 Å². The summed E-state index contributed by atoms with van der Waals surface area (Å²) in [7, 11) is 0. The number of amidine groups is 1. The molecule has 0 bridgehead atoms. The van der Waals surface area contributed by atoms with E-state index < -0.39 is 17.1 Å². The number of amides is 1. The molecule has 3 rings (SSSR count). The van der Waals surface area contributed by atoms with E-state index in [-0.39, 0.29) is 16.4 Å². The van der Waals surface area contributed by atoms with Gasteiger partial charge in [-0.2, -0.15) is 0 Å². The number of anilines is 1. The van der Waals surface area contributed by atoms with Gasteiger partial charge in [-0.25, -0.2) is 4.39 Å². The Labute approximate surface area is 156 Å². The Balaban J connectivity index is 1.68. The smallest absolute Gasteiger partial charge is 0.236 e. The molecule has 0 heterocycles. The van der Waals surface area contributed by atoms with Gasteiger partial charge in [-0.05, 0) is 49.6 Å². The molecule has 0 saturated heterocycles. The maximum atomic E-state index is 14.3. The van der Waals surface area contributed by atoms with E-state index in [9.17, 15) is 9.18 Å². The van der Waals surface area contributed by atoms with Gasteiger partial charge in [0.1, 0.15) is 11.7 Å². The van der Waals surface area contributed by atoms with Crippen molar-refractivity contribution < 1.29 is 9.18 Å². The molecule has 0 atom stereocenters. The molecule has 0 radical (unpaired) electrons. The molecule has 26 heavy (non-hydrogen) atoms. The van der Waals surface area contributed by atoms with Crippen LogP contribution in [0.2, 0.25) is 5.02 Å². The molecular formula is C20H19ClFN3O. The molecule has 1 aliphatic rings. The van der Waals surface area contributed by atoms with Crippen molar-refractivity contribution in [2.45, 2.75) is 25.2 Å². The number of para-hydroxylation sites is 1. The number of nitrogens with one attached hydrogen (secondary N) is 3. The summed E-state index contributed by atoms with van der Waals surface area (Å²) in [6.07, 6.45) is 4.03. The van der Waals surface area contributed by atoms with Crippen LogP contribution < -0.4 is 10.6 Å². The lowest BCUT2D eigenvalue weighted by Gasteiger charge is -2.18. The first kappa shape index (κ1) is 18.1. The predicted molar refractivity (Wildman–Crippen MR) is 102 cm³/mol. The van der Waals surface area contributed by atoms with Gasteiger partial charge in [0.2, 0.25) is 5.91 Å². The molecule has 0 unspecified atom stereocenters. The van der Waals surface area contributed by atoms with Crippen molar-refractivity contribution in [2.75, 3.05) is 5.32 Å². The van der Waals surface area contributed by atoms with Crippen LogP contribution in [0.3, 0.4) is 0 Å². The van der Waals surface area contributed by atoms with Gasteiger partial charge >= 0.3 is 0 Å². The highest BCUT2D eigenvalue weighted by atomic mass is 35.5. The summed E-state index contributed by atoms with van der Waals surface area (Å²) in [4.78, 5) is 12.7. The van der Waals surface area contributed by atoms with E-state index in [1.54, 1.807) is 19.2 Å². The summed E-state index contributed by atoms with van der Waals surface area (Å²) < 4.78 is 14.3. The fraction of sp³-hybridized carbons (Fsp3) is 0.200. The average Bonchev–Trinajstić information content (AvgIpc) is 3.41. The summed E-state index contributed by atoms with van der Waals surface area (Å²) in [5.74, 6) is -0.965. The molecule has 1 saturated carbocycles. The molecule has 0 spiro atoms. The molecule has 2 aromatic carbocycles. The molecule has 1 amide bonds. The van der Waals surface area contributed by atoms with Crippen LogP contribution in [-0.2, 0) is 10.2 Å². The van der Waals surface area contributed by atoms with E-state index in [0.29, 0.717) is 12.8 Å². The number of carbonyl (C=O) groups excluding carboxylic acids is 1. The van der Waals surface area contributed by atoms with Crippen molar-refractivity contribution in [1.29, 1.82) is 5.41 Å². The van der Waals surface area contributed by atoms with Crippen molar-refractivity contribution in [2.24, 2.45) is 0 Å². The van der Waals surface area contributed by atoms with Crippen molar-refractivity contribution in [1.82, 2.24) is 5.32 Å². The fourth-order valence-corrected chi connectivity index (χ4v) is 3.18. The molecule has 1 fully saturated rings. The second-order valence-corrected chi connectivity index (χ2v) is 6.72. The van der Waals surface area contributed by atoms with Gasteiger partial charge < -0.3 is 10.6 Å². The number of aryl methyl sites for hydroxylation is 1. The van der Waals surface area contributed by atoms with Crippen molar-refractivity contribution in [3.8, 4) is 0 Å².